The van der Waals surface area contributed by atoms with Crippen molar-refractivity contribution in [3.05, 3.63) is 0 Å². The SMILES string of the molecule is C1CN(C2CC2)CCN1.CC(C)(C)OC=O. The van der Waals surface area contributed by atoms with Gasteiger partial charge in [-0.3, -0.25) is 9.69 Å². The molecule has 0 atom stereocenters. The molecule has 16 heavy (non-hydrogen) atoms. The summed E-state index contributed by atoms with van der Waals surface area (Å²) in [5.41, 5.74) is -0.318. The summed E-state index contributed by atoms with van der Waals surface area (Å²) in [6.45, 7) is 10.9. The lowest BCUT2D eigenvalue weighted by molar-refractivity contribution is -0.138. The molecule has 1 aliphatic heterocycles. The van der Waals surface area contributed by atoms with Gasteiger partial charge in [-0.05, 0) is 33.6 Å². The second kappa shape index (κ2) is 6.21. The summed E-state index contributed by atoms with van der Waals surface area (Å²) in [6, 6.07) is 0.979. The van der Waals surface area contributed by atoms with Gasteiger partial charge in [0.25, 0.3) is 6.47 Å². The Morgan fingerprint density at radius 3 is 2.12 bits per heavy atom. The number of nitrogens with one attached hydrogen (secondary N) is 1. The van der Waals surface area contributed by atoms with Crippen LogP contribution in [0.1, 0.15) is 33.6 Å². The maximum atomic E-state index is 9.60. The smallest absolute Gasteiger partial charge is 0.293 e. The summed E-state index contributed by atoms with van der Waals surface area (Å²) in [7, 11) is 0. The van der Waals surface area contributed by atoms with Gasteiger partial charge in [0, 0.05) is 32.2 Å². The van der Waals surface area contributed by atoms with Gasteiger partial charge in [0.15, 0.2) is 0 Å². The topological polar surface area (TPSA) is 41.6 Å². The molecule has 1 aliphatic carbocycles. The van der Waals surface area contributed by atoms with E-state index in [2.05, 4.69) is 15.0 Å². The van der Waals surface area contributed by atoms with Crippen molar-refractivity contribution in [2.45, 2.75) is 45.3 Å². The van der Waals surface area contributed by atoms with Crippen molar-refractivity contribution in [2.24, 2.45) is 0 Å². The van der Waals surface area contributed by atoms with E-state index in [-0.39, 0.29) is 5.60 Å². The number of carbonyl (C=O) groups excluding carboxylic acids is 1. The highest BCUT2D eigenvalue weighted by Crippen LogP contribution is 2.26. The van der Waals surface area contributed by atoms with E-state index in [1.54, 1.807) is 0 Å². The maximum Gasteiger partial charge on any atom is 0.293 e. The Bertz CT molecular complexity index is 204. The van der Waals surface area contributed by atoms with Crippen molar-refractivity contribution < 1.29 is 9.53 Å². The molecule has 0 spiro atoms. The van der Waals surface area contributed by atoms with Gasteiger partial charge in [0.05, 0.1) is 0 Å². The summed E-state index contributed by atoms with van der Waals surface area (Å²) < 4.78 is 4.55. The van der Waals surface area contributed by atoms with Gasteiger partial charge in [-0.2, -0.15) is 0 Å². The van der Waals surface area contributed by atoms with Crippen LogP contribution in [0.4, 0.5) is 0 Å². The third-order valence-corrected chi connectivity index (χ3v) is 2.62. The van der Waals surface area contributed by atoms with E-state index in [1.165, 1.54) is 39.0 Å². The van der Waals surface area contributed by atoms with Crippen molar-refractivity contribution >= 4 is 6.47 Å². The van der Waals surface area contributed by atoms with Crippen molar-refractivity contribution in [2.75, 3.05) is 26.2 Å². The number of ether oxygens (including phenoxy) is 1. The molecule has 4 nitrogen and oxygen atoms in total. The molecule has 0 radical (unpaired) electrons. The van der Waals surface area contributed by atoms with Gasteiger partial charge in [0.1, 0.15) is 5.60 Å². The number of hydrogen-bond acceptors (Lipinski definition) is 4. The van der Waals surface area contributed by atoms with Crippen LogP contribution in [0.15, 0.2) is 0 Å². The lowest BCUT2D eigenvalue weighted by Gasteiger charge is -2.26. The Morgan fingerprint density at radius 2 is 1.81 bits per heavy atom. The van der Waals surface area contributed by atoms with E-state index in [0.29, 0.717) is 6.47 Å². The standard InChI is InChI=1S/C7H14N2.C5H10O2/c1-2-7(1)9-5-3-8-4-6-9;1-5(2,3)7-4-6/h7-8H,1-6H2;4H,1-3H3. The molecule has 4 heteroatoms. The van der Waals surface area contributed by atoms with Crippen LogP contribution in [0.2, 0.25) is 0 Å². The summed E-state index contributed by atoms with van der Waals surface area (Å²) in [6.07, 6.45) is 2.92. The van der Waals surface area contributed by atoms with E-state index >= 15 is 0 Å². The second-order valence-corrected chi connectivity index (χ2v) is 5.34. The van der Waals surface area contributed by atoms with Gasteiger partial charge < -0.3 is 10.1 Å². The summed E-state index contributed by atoms with van der Waals surface area (Å²) in [4.78, 5) is 12.2. The highest BCUT2D eigenvalue weighted by Gasteiger charge is 2.28. The van der Waals surface area contributed by atoms with Gasteiger partial charge in [0.2, 0.25) is 0 Å². The Kier molecular flexibility index (Phi) is 5.22. The first-order chi connectivity index (χ1) is 7.53. The Balaban J connectivity index is 0.000000168. The van der Waals surface area contributed by atoms with Crippen molar-refractivity contribution in [3.63, 3.8) is 0 Å². The van der Waals surface area contributed by atoms with Crippen LogP contribution in [0.5, 0.6) is 0 Å². The van der Waals surface area contributed by atoms with Gasteiger partial charge in [-0.1, -0.05) is 0 Å². The highest BCUT2D eigenvalue weighted by molar-refractivity contribution is 5.37. The number of piperazine rings is 1. The second-order valence-electron chi connectivity index (χ2n) is 5.34. The Morgan fingerprint density at radius 1 is 1.25 bits per heavy atom. The summed E-state index contributed by atoms with van der Waals surface area (Å²) in [5, 5.41) is 3.36. The summed E-state index contributed by atoms with van der Waals surface area (Å²) >= 11 is 0. The molecule has 2 aliphatic rings. The molecule has 0 amide bonds. The number of nitrogens with zero attached hydrogens (tertiary/aromatic N) is 1. The molecular weight excluding hydrogens is 204 g/mol. The molecule has 1 heterocycles. The maximum absolute atomic E-state index is 9.60. The average Bonchev–Trinajstić information content (AvgIpc) is 3.01. The van der Waals surface area contributed by atoms with Crippen molar-refractivity contribution in [1.29, 1.82) is 0 Å². The van der Waals surface area contributed by atoms with E-state index in [9.17, 15) is 4.79 Å². The molecule has 2 fully saturated rings. The fraction of sp³-hybridized carbons (Fsp3) is 0.917. The summed E-state index contributed by atoms with van der Waals surface area (Å²) in [5.74, 6) is 0. The number of rotatable bonds is 2. The lowest BCUT2D eigenvalue weighted by Crippen LogP contribution is -2.44. The van der Waals surface area contributed by atoms with Gasteiger partial charge in [-0.25, -0.2) is 0 Å². The molecule has 94 valence electrons. The Labute approximate surface area is 98.3 Å². The fourth-order valence-electron chi connectivity index (χ4n) is 1.63. The number of carbonyl (C=O) groups is 1. The first-order valence-corrected chi connectivity index (χ1v) is 6.09. The van der Waals surface area contributed by atoms with Crippen molar-refractivity contribution in [1.82, 2.24) is 10.2 Å². The van der Waals surface area contributed by atoms with Crippen LogP contribution >= 0.6 is 0 Å². The highest BCUT2D eigenvalue weighted by atomic mass is 16.5. The minimum atomic E-state index is -0.318. The van der Waals surface area contributed by atoms with Crippen LogP contribution < -0.4 is 5.32 Å². The van der Waals surface area contributed by atoms with Crippen LogP contribution in [0, 0.1) is 0 Å². The van der Waals surface area contributed by atoms with Crippen LogP contribution in [0.3, 0.4) is 0 Å². The third kappa shape index (κ3) is 6.08. The van der Waals surface area contributed by atoms with Crippen LogP contribution in [-0.2, 0) is 9.53 Å². The fourth-order valence-corrected chi connectivity index (χ4v) is 1.63. The third-order valence-electron chi connectivity index (χ3n) is 2.62. The lowest BCUT2D eigenvalue weighted by atomic mass is 10.2. The van der Waals surface area contributed by atoms with E-state index in [4.69, 9.17) is 0 Å². The first kappa shape index (κ1) is 13.5. The monoisotopic (exact) mass is 228 g/mol. The van der Waals surface area contributed by atoms with E-state index in [1.807, 2.05) is 20.8 Å². The molecule has 0 bridgehead atoms. The molecule has 0 aromatic rings. The van der Waals surface area contributed by atoms with Gasteiger partial charge in [-0.15, -0.1) is 0 Å². The zero-order valence-corrected chi connectivity index (χ0v) is 10.7. The molecule has 0 aromatic heterocycles. The minimum absolute atomic E-state index is 0.318. The van der Waals surface area contributed by atoms with E-state index in [0.717, 1.165) is 6.04 Å². The molecule has 0 unspecified atom stereocenters. The Hall–Kier alpha value is -0.610. The predicted molar refractivity (Wildman–Crippen MR) is 64.4 cm³/mol. The zero-order chi connectivity index (χ0) is 12.0. The minimum Gasteiger partial charge on any atom is -0.462 e. The zero-order valence-electron chi connectivity index (χ0n) is 10.7. The quantitative estimate of drug-likeness (QED) is 0.716. The van der Waals surface area contributed by atoms with Crippen LogP contribution in [-0.4, -0.2) is 49.2 Å². The molecule has 1 N–H and O–H groups in total. The van der Waals surface area contributed by atoms with Gasteiger partial charge >= 0.3 is 0 Å². The predicted octanol–water partition coefficient (Wildman–Crippen LogP) is 1.01. The average molecular weight is 228 g/mol. The van der Waals surface area contributed by atoms with Crippen molar-refractivity contribution in [3.8, 4) is 0 Å². The molecular formula is C12H24N2O2. The molecule has 0 aromatic carbocycles. The van der Waals surface area contributed by atoms with Crippen LogP contribution in [0.25, 0.3) is 0 Å². The molecule has 2 rings (SSSR count). The number of hydrogen-bond donors (Lipinski definition) is 1. The molecule has 1 saturated carbocycles. The normalized spacial score (nSPS) is 21.9. The largest absolute Gasteiger partial charge is 0.462 e. The molecule has 1 saturated heterocycles. The first-order valence-electron chi connectivity index (χ1n) is 6.09. The van der Waals surface area contributed by atoms with E-state index < -0.39 is 0 Å².